The summed E-state index contributed by atoms with van der Waals surface area (Å²) in [6.45, 7) is 3.37. The molecule has 0 amide bonds. The van der Waals surface area contributed by atoms with Crippen LogP contribution in [0.1, 0.15) is 26.1 Å². The van der Waals surface area contributed by atoms with Crippen LogP contribution in [0.15, 0.2) is 6.07 Å². The first kappa shape index (κ1) is 16.5. The molecule has 1 heterocycles. The molecule has 0 spiro atoms. The van der Waals surface area contributed by atoms with Crippen molar-refractivity contribution in [3.05, 3.63) is 11.9 Å². The van der Waals surface area contributed by atoms with Crippen LogP contribution in [-0.4, -0.2) is 35.8 Å². The Morgan fingerprint density at radius 2 is 2.00 bits per heavy atom. The molecule has 0 saturated carbocycles. The molecule has 0 bridgehead atoms. The van der Waals surface area contributed by atoms with Crippen molar-refractivity contribution in [2.75, 3.05) is 30.3 Å². The van der Waals surface area contributed by atoms with Gasteiger partial charge >= 0.3 is 6.18 Å². The van der Waals surface area contributed by atoms with E-state index in [4.69, 9.17) is 10.5 Å². The van der Waals surface area contributed by atoms with Crippen molar-refractivity contribution < 1.29 is 17.9 Å². The molecule has 20 heavy (non-hydrogen) atoms. The van der Waals surface area contributed by atoms with Crippen molar-refractivity contribution in [1.29, 1.82) is 0 Å². The van der Waals surface area contributed by atoms with Gasteiger partial charge in [-0.2, -0.15) is 13.2 Å². The molecule has 0 aliphatic carbocycles. The van der Waals surface area contributed by atoms with Crippen LogP contribution >= 0.6 is 0 Å². The number of hydrogen-bond donors (Lipinski definition) is 1. The van der Waals surface area contributed by atoms with Gasteiger partial charge in [0.15, 0.2) is 5.82 Å². The normalized spacial score (nSPS) is 11.7. The van der Waals surface area contributed by atoms with Crippen molar-refractivity contribution in [2.24, 2.45) is 0 Å². The SMILES string of the molecule is CCCN(CC(F)(F)F)c1cc(N)nc(COCC)n1. The maximum atomic E-state index is 12.6. The molecule has 0 aromatic carbocycles. The van der Waals surface area contributed by atoms with Gasteiger partial charge in [0.2, 0.25) is 0 Å². The smallest absolute Gasteiger partial charge is 0.384 e. The lowest BCUT2D eigenvalue weighted by Crippen LogP contribution is -2.35. The van der Waals surface area contributed by atoms with Crippen LogP contribution < -0.4 is 10.6 Å². The summed E-state index contributed by atoms with van der Waals surface area (Å²) < 4.78 is 42.9. The van der Waals surface area contributed by atoms with Gasteiger partial charge in [-0.1, -0.05) is 6.92 Å². The zero-order chi connectivity index (χ0) is 15.2. The molecule has 0 fully saturated rings. The predicted molar refractivity (Wildman–Crippen MR) is 70.3 cm³/mol. The lowest BCUT2D eigenvalue weighted by atomic mass is 10.3. The summed E-state index contributed by atoms with van der Waals surface area (Å²) in [5.41, 5.74) is 5.61. The maximum absolute atomic E-state index is 12.6. The van der Waals surface area contributed by atoms with Crippen molar-refractivity contribution in [2.45, 2.75) is 33.1 Å². The van der Waals surface area contributed by atoms with Gasteiger partial charge in [0.1, 0.15) is 24.8 Å². The minimum atomic E-state index is -4.30. The third kappa shape index (κ3) is 5.60. The first-order valence-electron chi connectivity index (χ1n) is 6.38. The molecule has 0 atom stereocenters. The third-order valence-corrected chi connectivity index (χ3v) is 2.40. The molecule has 1 aromatic heterocycles. The largest absolute Gasteiger partial charge is 0.405 e. The summed E-state index contributed by atoms with van der Waals surface area (Å²) in [6, 6.07) is 1.34. The first-order valence-corrected chi connectivity index (χ1v) is 6.38. The van der Waals surface area contributed by atoms with Gasteiger partial charge in [0.05, 0.1) is 0 Å². The highest BCUT2D eigenvalue weighted by Crippen LogP contribution is 2.22. The zero-order valence-corrected chi connectivity index (χ0v) is 11.6. The van der Waals surface area contributed by atoms with E-state index in [1.54, 1.807) is 13.8 Å². The van der Waals surface area contributed by atoms with Gasteiger partial charge in [0, 0.05) is 19.2 Å². The number of nitrogens with zero attached hydrogens (tertiary/aromatic N) is 3. The second-order valence-electron chi connectivity index (χ2n) is 4.24. The Labute approximate surface area is 116 Å². The summed E-state index contributed by atoms with van der Waals surface area (Å²) >= 11 is 0. The van der Waals surface area contributed by atoms with E-state index in [2.05, 4.69) is 9.97 Å². The van der Waals surface area contributed by atoms with Crippen LogP contribution in [0.25, 0.3) is 0 Å². The predicted octanol–water partition coefficient (Wildman–Crippen LogP) is 2.37. The van der Waals surface area contributed by atoms with Gasteiger partial charge in [0.25, 0.3) is 0 Å². The number of aromatic nitrogens is 2. The van der Waals surface area contributed by atoms with E-state index in [0.717, 1.165) is 4.90 Å². The van der Waals surface area contributed by atoms with Crippen LogP contribution in [0, 0.1) is 0 Å². The standard InChI is InChI=1S/C12H19F3N4O/c1-3-5-19(8-12(13,14)15)11-6-9(16)17-10(18-11)7-20-4-2/h6H,3-5,7-8H2,1-2H3,(H2,16,17,18). The molecular formula is C12H19F3N4O. The van der Waals surface area contributed by atoms with Gasteiger partial charge in [-0.3, -0.25) is 0 Å². The van der Waals surface area contributed by atoms with Crippen molar-refractivity contribution in [3.8, 4) is 0 Å². The topological polar surface area (TPSA) is 64.3 Å². The van der Waals surface area contributed by atoms with Crippen LogP contribution in [-0.2, 0) is 11.3 Å². The molecule has 0 radical (unpaired) electrons. The molecule has 2 N–H and O–H groups in total. The van der Waals surface area contributed by atoms with Gasteiger partial charge < -0.3 is 15.4 Å². The van der Waals surface area contributed by atoms with Gasteiger partial charge in [-0.05, 0) is 13.3 Å². The number of nitrogen functional groups attached to an aromatic ring is 1. The molecule has 114 valence electrons. The van der Waals surface area contributed by atoms with E-state index in [1.165, 1.54) is 6.07 Å². The Kier molecular flexibility index (Phi) is 6.00. The Bertz CT molecular complexity index is 426. The number of rotatable bonds is 7. The van der Waals surface area contributed by atoms with E-state index < -0.39 is 12.7 Å². The Balaban J connectivity index is 2.96. The fraction of sp³-hybridized carbons (Fsp3) is 0.667. The fourth-order valence-electron chi connectivity index (χ4n) is 1.68. The average molecular weight is 292 g/mol. The molecule has 8 heteroatoms. The number of halogens is 3. The Morgan fingerprint density at radius 1 is 1.30 bits per heavy atom. The molecule has 5 nitrogen and oxygen atoms in total. The van der Waals surface area contributed by atoms with Crippen molar-refractivity contribution in [3.63, 3.8) is 0 Å². The van der Waals surface area contributed by atoms with Crippen LogP contribution in [0.5, 0.6) is 0 Å². The monoisotopic (exact) mass is 292 g/mol. The van der Waals surface area contributed by atoms with Crippen molar-refractivity contribution >= 4 is 11.6 Å². The highest BCUT2D eigenvalue weighted by molar-refractivity contribution is 5.47. The second kappa shape index (κ2) is 7.28. The fourth-order valence-corrected chi connectivity index (χ4v) is 1.68. The summed E-state index contributed by atoms with van der Waals surface area (Å²) in [7, 11) is 0. The summed E-state index contributed by atoms with van der Waals surface area (Å²) in [6.07, 6.45) is -3.73. The van der Waals surface area contributed by atoms with E-state index in [9.17, 15) is 13.2 Å². The third-order valence-electron chi connectivity index (χ3n) is 2.40. The molecule has 1 aromatic rings. The minimum Gasteiger partial charge on any atom is -0.384 e. The number of alkyl halides is 3. The maximum Gasteiger partial charge on any atom is 0.405 e. The van der Waals surface area contributed by atoms with Crippen LogP contribution in [0.3, 0.4) is 0 Å². The molecule has 1 rings (SSSR count). The minimum absolute atomic E-state index is 0.126. The lowest BCUT2D eigenvalue weighted by molar-refractivity contribution is -0.119. The average Bonchev–Trinajstić information content (AvgIpc) is 2.33. The molecule has 0 unspecified atom stereocenters. The van der Waals surface area contributed by atoms with Crippen LogP contribution in [0.2, 0.25) is 0 Å². The Hall–Kier alpha value is -1.57. The van der Waals surface area contributed by atoms with Crippen LogP contribution in [0.4, 0.5) is 24.8 Å². The van der Waals surface area contributed by atoms with E-state index in [0.29, 0.717) is 13.0 Å². The van der Waals surface area contributed by atoms with E-state index >= 15 is 0 Å². The molecular weight excluding hydrogens is 273 g/mol. The highest BCUT2D eigenvalue weighted by Gasteiger charge is 2.31. The summed E-state index contributed by atoms with van der Waals surface area (Å²) in [5.74, 6) is 0.587. The second-order valence-corrected chi connectivity index (χ2v) is 4.24. The van der Waals surface area contributed by atoms with Gasteiger partial charge in [-0.25, -0.2) is 9.97 Å². The summed E-state index contributed by atoms with van der Waals surface area (Å²) in [5, 5.41) is 0. The zero-order valence-electron chi connectivity index (χ0n) is 11.6. The quantitative estimate of drug-likeness (QED) is 0.836. The number of anilines is 2. The number of nitrogens with two attached hydrogens (primary N) is 1. The van der Waals surface area contributed by atoms with E-state index in [1.807, 2.05) is 0 Å². The summed E-state index contributed by atoms with van der Waals surface area (Å²) in [4.78, 5) is 9.17. The molecule has 0 saturated heterocycles. The molecule has 0 aliphatic heterocycles. The lowest BCUT2D eigenvalue weighted by Gasteiger charge is -2.24. The number of hydrogen-bond acceptors (Lipinski definition) is 5. The van der Waals surface area contributed by atoms with E-state index in [-0.39, 0.29) is 30.6 Å². The molecule has 0 aliphatic rings. The Morgan fingerprint density at radius 3 is 2.55 bits per heavy atom. The number of ether oxygens (including phenoxy) is 1. The highest BCUT2D eigenvalue weighted by atomic mass is 19.4. The first-order chi connectivity index (χ1) is 9.35. The van der Waals surface area contributed by atoms with Crippen molar-refractivity contribution in [1.82, 2.24) is 9.97 Å². The van der Waals surface area contributed by atoms with Gasteiger partial charge in [-0.15, -0.1) is 0 Å².